The first-order chi connectivity index (χ1) is 9.99. The van der Waals surface area contributed by atoms with Crippen LogP contribution in [0.1, 0.15) is 37.3 Å². The summed E-state index contributed by atoms with van der Waals surface area (Å²) in [5, 5.41) is 9.48. The Hall–Kier alpha value is -1.43. The van der Waals surface area contributed by atoms with E-state index in [1.54, 1.807) is 17.0 Å². The first-order valence-corrected chi connectivity index (χ1v) is 7.77. The highest BCUT2D eigenvalue weighted by atomic mass is 79.9. The van der Waals surface area contributed by atoms with Crippen LogP contribution in [0.25, 0.3) is 0 Å². The van der Waals surface area contributed by atoms with Gasteiger partial charge in [0.15, 0.2) is 0 Å². The van der Waals surface area contributed by atoms with Crippen LogP contribution in [0.4, 0.5) is 4.39 Å². The van der Waals surface area contributed by atoms with Crippen molar-refractivity contribution in [2.45, 2.75) is 37.8 Å². The Kier molecular flexibility index (Phi) is 3.73. The van der Waals surface area contributed by atoms with Crippen molar-refractivity contribution in [1.82, 2.24) is 4.90 Å². The third-order valence-corrected chi connectivity index (χ3v) is 4.79. The maximum Gasteiger partial charge on any atom is 0.308 e. The molecule has 2 unspecified atom stereocenters. The van der Waals surface area contributed by atoms with Gasteiger partial charge in [-0.05, 0) is 52.9 Å². The molecule has 0 radical (unpaired) electrons. The van der Waals surface area contributed by atoms with E-state index in [9.17, 15) is 19.1 Å². The Morgan fingerprint density at radius 2 is 2.05 bits per heavy atom. The number of halogens is 2. The number of amides is 1. The van der Waals surface area contributed by atoms with Gasteiger partial charge >= 0.3 is 5.97 Å². The molecule has 1 aromatic rings. The number of hydrogen-bond donors (Lipinski definition) is 1. The number of nitrogens with zero attached hydrogens (tertiary/aromatic N) is 1. The molecule has 3 rings (SSSR count). The normalized spacial score (nSPS) is 26.0. The number of piperidine rings is 1. The molecule has 1 aliphatic heterocycles. The summed E-state index contributed by atoms with van der Waals surface area (Å²) in [4.78, 5) is 25.5. The molecule has 0 spiro atoms. The fourth-order valence-corrected chi connectivity index (χ4v) is 3.44. The van der Waals surface area contributed by atoms with Crippen LogP contribution in [0.15, 0.2) is 22.7 Å². The molecular weight excluding hydrogens is 341 g/mol. The van der Waals surface area contributed by atoms with E-state index >= 15 is 0 Å². The van der Waals surface area contributed by atoms with Crippen molar-refractivity contribution in [2.75, 3.05) is 0 Å². The van der Waals surface area contributed by atoms with E-state index in [-0.39, 0.29) is 22.8 Å². The molecule has 6 heteroatoms. The van der Waals surface area contributed by atoms with Gasteiger partial charge < -0.3 is 10.0 Å². The number of carboxylic acid groups (broad SMARTS) is 1. The maximum atomic E-state index is 13.4. The topological polar surface area (TPSA) is 57.6 Å². The Morgan fingerprint density at radius 1 is 1.33 bits per heavy atom. The second kappa shape index (κ2) is 5.40. The molecule has 1 saturated heterocycles. The van der Waals surface area contributed by atoms with Crippen molar-refractivity contribution in [2.24, 2.45) is 5.92 Å². The van der Waals surface area contributed by atoms with Crippen molar-refractivity contribution in [3.05, 3.63) is 34.1 Å². The molecule has 4 nitrogen and oxygen atoms in total. The van der Waals surface area contributed by atoms with Gasteiger partial charge in [0.05, 0.1) is 16.4 Å². The van der Waals surface area contributed by atoms with Crippen molar-refractivity contribution in [1.29, 1.82) is 0 Å². The number of carbonyl (C=O) groups excluding carboxylic acids is 1. The summed E-state index contributed by atoms with van der Waals surface area (Å²) in [6, 6.07) is 4.10. The minimum atomic E-state index is -0.904. The lowest BCUT2D eigenvalue weighted by Gasteiger charge is -2.40. The number of carboxylic acids is 1. The van der Waals surface area contributed by atoms with E-state index in [0.717, 1.165) is 12.8 Å². The third kappa shape index (κ3) is 2.69. The van der Waals surface area contributed by atoms with Crippen LogP contribution in [0.3, 0.4) is 0 Å². The van der Waals surface area contributed by atoms with Crippen LogP contribution in [0, 0.1) is 11.7 Å². The zero-order valence-corrected chi connectivity index (χ0v) is 12.8. The van der Waals surface area contributed by atoms with Gasteiger partial charge in [-0.2, -0.15) is 0 Å². The molecule has 1 saturated carbocycles. The van der Waals surface area contributed by atoms with Gasteiger partial charge in [0.25, 0.3) is 0 Å². The summed E-state index contributed by atoms with van der Waals surface area (Å²) in [7, 11) is 0. The second-order valence-electron chi connectivity index (χ2n) is 5.63. The van der Waals surface area contributed by atoms with E-state index in [2.05, 4.69) is 15.9 Å². The lowest BCUT2D eigenvalue weighted by Crippen LogP contribution is -2.46. The van der Waals surface area contributed by atoms with Crippen molar-refractivity contribution < 1.29 is 19.1 Å². The summed E-state index contributed by atoms with van der Waals surface area (Å²) in [6.07, 6.45) is 2.43. The molecule has 1 heterocycles. The van der Waals surface area contributed by atoms with Gasteiger partial charge in [0, 0.05) is 12.5 Å². The first kappa shape index (κ1) is 14.5. The fourth-order valence-electron chi connectivity index (χ4n) is 3.05. The van der Waals surface area contributed by atoms with E-state index in [1.165, 1.54) is 6.07 Å². The smallest absolute Gasteiger partial charge is 0.308 e. The molecule has 0 bridgehead atoms. The van der Waals surface area contributed by atoms with E-state index in [1.807, 2.05) is 0 Å². The van der Waals surface area contributed by atoms with Crippen LogP contribution in [-0.2, 0) is 9.59 Å². The summed E-state index contributed by atoms with van der Waals surface area (Å²) in [5.41, 5.74) is 0.677. The number of rotatable bonds is 3. The monoisotopic (exact) mass is 355 g/mol. The zero-order chi connectivity index (χ0) is 15.1. The molecule has 1 N–H and O–H groups in total. The van der Waals surface area contributed by atoms with Crippen molar-refractivity contribution in [3.8, 4) is 0 Å². The molecule has 2 aliphatic rings. The van der Waals surface area contributed by atoms with E-state index in [0.29, 0.717) is 12.0 Å². The van der Waals surface area contributed by atoms with Gasteiger partial charge in [0.1, 0.15) is 5.82 Å². The Bertz CT molecular complexity index is 603. The zero-order valence-electron chi connectivity index (χ0n) is 11.3. The lowest BCUT2D eigenvalue weighted by atomic mass is 9.84. The predicted octanol–water partition coefficient (Wildman–Crippen LogP) is 3.11. The van der Waals surface area contributed by atoms with Gasteiger partial charge in [-0.25, -0.2) is 4.39 Å². The van der Waals surface area contributed by atoms with Crippen LogP contribution in [0.2, 0.25) is 0 Å². The number of carbonyl (C=O) groups is 2. The number of likely N-dealkylation sites (tertiary alicyclic amines) is 1. The van der Waals surface area contributed by atoms with Gasteiger partial charge in [-0.15, -0.1) is 0 Å². The molecule has 1 aliphatic carbocycles. The highest BCUT2D eigenvalue weighted by molar-refractivity contribution is 9.10. The standard InChI is InChI=1S/C15H15BrFNO3/c16-11-7-8(1-5-12(11)17)14-10(15(20)21)4-6-13(19)18(14)9-2-3-9/h1,5,7,9-10,14H,2-4,6H2,(H,20,21). The molecule has 0 aromatic heterocycles. The largest absolute Gasteiger partial charge is 0.481 e. The van der Waals surface area contributed by atoms with Crippen LogP contribution >= 0.6 is 15.9 Å². The first-order valence-electron chi connectivity index (χ1n) is 6.98. The van der Waals surface area contributed by atoms with Gasteiger partial charge in [0.2, 0.25) is 5.91 Å². The molecule has 1 amide bonds. The molecule has 112 valence electrons. The minimum absolute atomic E-state index is 0.000414. The van der Waals surface area contributed by atoms with Crippen LogP contribution in [0.5, 0.6) is 0 Å². The Labute approximate surface area is 130 Å². The van der Waals surface area contributed by atoms with Crippen LogP contribution in [-0.4, -0.2) is 27.9 Å². The van der Waals surface area contributed by atoms with Crippen molar-refractivity contribution >= 4 is 27.8 Å². The Morgan fingerprint density at radius 3 is 2.62 bits per heavy atom. The molecule has 21 heavy (non-hydrogen) atoms. The number of hydrogen-bond acceptors (Lipinski definition) is 2. The number of benzene rings is 1. The molecule has 1 aromatic carbocycles. The highest BCUT2D eigenvalue weighted by Crippen LogP contribution is 2.44. The summed E-state index contributed by atoms with van der Waals surface area (Å²) in [6.45, 7) is 0. The van der Waals surface area contributed by atoms with Gasteiger partial charge in [-0.1, -0.05) is 6.07 Å². The third-order valence-electron chi connectivity index (χ3n) is 4.18. The van der Waals surface area contributed by atoms with E-state index < -0.39 is 23.7 Å². The molecule has 2 atom stereocenters. The van der Waals surface area contributed by atoms with E-state index in [4.69, 9.17) is 0 Å². The quantitative estimate of drug-likeness (QED) is 0.906. The SMILES string of the molecule is O=C(O)C1CCC(=O)N(C2CC2)C1c1ccc(F)c(Br)c1. The average Bonchev–Trinajstić information content (AvgIpc) is 3.25. The van der Waals surface area contributed by atoms with Gasteiger partial charge in [-0.3, -0.25) is 9.59 Å². The number of aliphatic carboxylic acids is 1. The minimum Gasteiger partial charge on any atom is -0.481 e. The lowest BCUT2D eigenvalue weighted by molar-refractivity contribution is -0.152. The molecule has 2 fully saturated rings. The highest BCUT2D eigenvalue weighted by Gasteiger charge is 2.46. The summed E-state index contributed by atoms with van der Waals surface area (Å²) in [5.74, 6) is -1.94. The summed E-state index contributed by atoms with van der Waals surface area (Å²) >= 11 is 3.13. The Balaban J connectivity index is 2.03. The maximum absolute atomic E-state index is 13.4. The van der Waals surface area contributed by atoms with Crippen molar-refractivity contribution in [3.63, 3.8) is 0 Å². The average molecular weight is 356 g/mol. The molecular formula is C15H15BrFNO3. The second-order valence-corrected chi connectivity index (χ2v) is 6.49. The van der Waals surface area contributed by atoms with Crippen LogP contribution < -0.4 is 0 Å². The fraction of sp³-hybridized carbons (Fsp3) is 0.467. The summed E-state index contributed by atoms with van der Waals surface area (Å²) < 4.78 is 13.7. The predicted molar refractivity (Wildman–Crippen MR) is 77.1 cm³/mol.